The molecule has 1 heterocycles. The Bertz CT molecular complexity index is 997. The number of carbonyl (C=O) groups excluding carboxylic acids is 1. The van der Waals surface area contributed by atoms with Gasteiger partial charge in [-0.3, -0.25) is 4.79 Å². The fraction of sp³-hybridized carbons (Fsp3) is 0.240. The number of piperazine rings is 1. The first kappa shape index (κ1) is 20.5. The molecule has 3 aromatic carbocycles. The largest absolute Gasteiger partial charge is 0.357 e. The van der Waals surface area contributed by atoms with E-state index in [-0.39, 0.29) is 5.91 Å². The van der Waals surface area contributed by atoms with Crippen LogP contribution in [0.2, 0.25) is 5.02 Å². The third kappa shape index (κ3) is 4.50. The third-order valence-corrected chi connectivity index (χ3v) is 6.08. The topological polar surface area (TPSA) is 36.8 Å². The maximum absolute atomic E-state index is 12.9. The van der Waals surface area contributed by atoms with Gasteiger partial charge < -0.3 is 15.1 Å². The number of nitrogens with zero attached hydrogens (tertiary/aromatic N) is 1. The van der Waals surface area contributed by atoms with Crippen LogP contribution in [-0.4, -0.2) is 38.6 Å². The summed E-state index contributed by atoms with van der Waals surface area (Å²) in [5, 5.41) is 3.75. The Hall–Kier alpha value is -2.82. The maximum atomic E-state index is 12.9. The van der Waals surface area contributed by atoms with Crippen molar-refractivity contribution in [3.8, 4) is 11.1 Å². The van der Waals surface area contributed by atoms with Gasteiger partial charge in [-0.2, -0.15) is 0 Å². The van der Waals surface area contributed by atoms with Crippen LogP contribution in [0.25, 0.3) is 11.1 Å². The molecule has 1 aliphatic heterocycles. The number of rotatable bonds is 5. The molecule has 1 amide bonds. The molecule has 0 saturated carbocycles. The van der Waals surface area contributed by atoms with Crippen molar-refractivity contribution in [2.45, 2.75) is 6.92 Å². The van der Waals surface area contributed by atoms with Gasteiger partial charge >= 0.3 is 0 Å². The summed E-state index contributed by atoms with van der Waals surface area (Å²) in [7, 11) is 0. The lowest BCUT2D eigenvalue weighted by Gasteiger charge is -2.34. The van der Waals surface area contributed by atoms with E-state index in [2.05, 4.69) is 29.3 Å². The van der Waals surface area contributed by atoms with E-state index in [0.29, 0.717) is 10.6 Å². The number of hydrogen-bond acceptors (Lipinski definition) is 2. The zero-order chi connectivity index (χ0) is 20.9. The normalized spacial score (nSPS) is 14.5. The number of benzene rings is 3. The highest BCUT2D eigenvalue weighted by Gasteiger charge is 2.23. The molecule has 30 heavy (non-hydrogen) atoms. The van der Waals surface area contributed by atoms with Crippen molar-refractivity contribution < 1.29 is 9.69 Å². The lowest BCUT2D eigenvalue weighted by atomic mass is 10.0. The van der Waals surface area contributed by atoms with Crippen LogP contribution in [0.3, 0.4) is 0 Å². The Labute approximate surface area is 183 Å². The molecular weight excluding hydrogens is 394 g/mol. The summed E-state index contributed by atoms with van der Waals surface area (Å²) >= 11 is 6.55. The zero-order valence-electron chi connectivity index (χ0n) is 17.2. The quantitative estimate of drug-likeness (QED) is 0.655. The van der Waals surface area contributed by atoms with Crippen molar-refractivity contribution in [1.82, 2.24) is 0 Å². The van der Waals surface area contributed by atoms with E-state index >= 15 is 0 Å². The van der Waals surface area contributed by atoms with E-state index in [1.807, 2.05) is 60.7 Å². The van der Waals surface area contributed by atoms with Crippen LogP contribution >= 0.6 is 11.6 Å². The van der Waals surface area contributed by atoms with Crippen molar-refractivity contribution in [2.75, 3.05) is 42.9 Å². The Morgan fingerprint density at radius 1 is 0.933 bits per heavy atom. The maximum Gasteiger partial charge on any atom is 0.255 e. The first-order valence-corrected chi connectivity index (χ1v) is 10.9. The van der Waals surface area contributed by atoms with E-state index in [1.165, 1.54) is 0 Å². The van der Waals surface area contributed by atoms with Gasteiger partial charge in [-0.25, -0.2) is 0 Å². The van der Waals surface area contributed by atoms with Crippen molar-refractivity contribution in [2.24, 2.45) is 0 Å². The SMILES string of the molecule is CC[NH+]1CCN(c2c(Cl)cccc2NC(=O)c2ccc(-c3ccccc3)cc2)CC1. The van der Waals surface area contributed by atoms with E-state index < -0.39 is 0 Å². The molecule has 0 unspecified atom stereocenters. The van der Waals surface area contributed by atoms with Crippen molar-refractivity contribution in [3.05, 3.63) is 83.4 Å². The van der Waals surface area contributed by atoms with Crippen molar-refractivity contribution in [3.63, 3.8) is 0 Å². The lowest BCUT2D eigenvalue weighted by Crippen LogP contribution is -3.14. The van der Waals surface area contributed by atoms with E-state index in [0.717, 1.165) is 55.2 Å². The third-order valence-electron chi connectivity index (χ3n) is 5.78. The summed E-state index contributed by atoms with van der Waals surface area (Å²) in [5.41, 5.74) is 4.53. The smallest absolute Gasteiger partial charge is 0.255 e. The average molecular weight is 421 g/mol. The standard InChI is InChI=1S/C25H26ClN3O/c1-2-28-15-17-29(18-16-28)24-22(26)9-6-10-23(24)27-25(30)21-13-11-20(12-14-21)19-7-4-3-5-8-19/h3-14H,2,15-18H2,1H3,(H,27,30)/p+1. The van der Waals surface area contributed by atoms with Crippen LogP contribution in [0, 0.1) is 0 Å². The van der Waals surface area contributed by atoms with Gasteiger partial charge in [-0.1, -0.05) is 60.1 Å². The molecule has 4 rings (SSSR count). The summed E-state index contributed by atoms with van der Waals surface area (Å²) in [6, 6.07) is 23.5. The van der Waals surface area contributed by atoms with Gasteiger partial charge in [0.15, 0.2) is 0 Å². The van der Waals surface area contributed by atoms with E-state index in [9.17, 15) is 4.79 Å². The van der Waals surface area contributed by atoms with Gasteiger partial charge in [0, 0.05) is 5.56 Å². The van der Waals surface area contributed by atoms with Crippen LogP contribution in [-0.2, 0) is 0 Å². The van der Waals surface area contributed by atoms with Crippen LogP contribution in [0.5, 0.6) is 0 Å². The molecule has 0 aromatic heterocycles. The fourth-order valence-corrected chi connectivity index (χ4v) is 4.27. The number of amides is 1. The molecule has 1 fully saturated rings. The summed E-state index contributed by atoms with van der Waals surface area (Å²) in [5.74, 6) is -0.129. The second-order valence-corrected chi connectivity index (χ2v) is 8.03. The average Bonchev–Trinajstić information content (AvgIpc) is 2.80. The number of anilines is 2. The number of quaternary nitrogens is 1. The molecule has 2 N–H and O–H groups in total. The Morgan fingerprint density at radius 3 is 2.27 bits per heavy atom. The minimum Gasteiger partial charge on any atom is -0.357 e. The highest BCUT2D eigenvalue weighted by molar-refractivity contribution is 6.34. The van der Waals surface area contributed by atoms with Gasteiger partial charge in [-0.05, 0) is 42.3 Å². The van der Waals surface area contributed by atoms with E-state index in [1.54, 1.807) is 4.90 Å². The molecule has 0 aliphatic carbocycles. The molecule has 0 spiro atoms. The second kappa shape index (κ2) is 9.33. The minimum absolute atomic E-state index is 0.129. The molecule has 0 radical (unpaired) electrons. The highest BCUT2D eigenvalue weighted by atomic mass is 35.5. The number of para-hydroxylation sites is 1. The van der Waals surface area contributed by atoms with Crippen LogP contribution in [0.4, 0.5) is 11.4 Å². The molecule has 0 atom stereocenters. The fourth-order valence-electron chi connectivity index (χ4n) is 3.98. The summed E-state index contributed by atoms with van der Waals surface area (Å²) in [6.07, 6.45) is 0. The molecule has 1 aliphatic rings. The molecule has 4 nitrogen and oxygen atoms in total. The molecule has 0 bridgehead atoms. The summed E-state index contributed by atoms with van der Waals surface area (Å²) in [6.45, 7) is 7.38. The first-order valence-electron chi connectivity index (χ1n) is 10.5. The van der Waals surface area contributed by atoms with Crippen molar-refractivity contribution >= 4 is 28.9 Å². The molecule has 154 valence electrons. The summed E-state index contributed by atoms with van der Waals surface area (Å²) < 4.78 is 0. The minimum atomic E-state index is -0.129. The van der Waals surface area contributed by atoms with Crippen LogP contribution in [0.15, 0.2) is 72.8 Å². The zero-order valence-corrected chi connectivity index (χ0v) is 18.0. The number of likely N-dealkylation sites (N-methyl/N-ethyl adjacent to an activating group) is 1. The summed E-state index contributed by atoms with van der Waals surface area (Å²) in [4.78, 5) is 16.8. The van der Waals surface area contributed by atoms with Crippen molar-refractivity contribution in [1.29, 1.82) is 0 Å². The van der Waals surface area contributed by atoms with Gasteiger partial charge in [-0.15, -0.1) is 0 Å². The van der Waals surface area contributed by atoms with Crippen LogP contribution in [0.1, 0.15) is 17.3 Å². The molecule has 1 saturated heterocycles. The Balaban J connectivity index is 1.52. The van der Waals surface area contributed by atoms with Crippen LogP contribution < -0.4 is 15.1 Å². The predicted molar refractivity (Wildman–Crippen MR) is 125 cm³/mol. The molecule has 5 heteroatoms. The van der Waals surface area contributed by atoms with Gasteiger partial charge in [0.1, 0.15) is 0 Å². The monoisotopic (exact) mass is 420 g/mol. The molecular formula is C25H27ClN3O+. The van der Waals surface area contributed by atoms with Gasteiger partial charge in [0.05, 0.1) is 49.1 Å². The van der Waals surface area contributed by atoms with Gasteiger partial charge in [0.25, 0.3) is 5.91 Å². The highest BCUT2D eigenvalue weighted by Crippen LogP contribution is 2.34. The lowest BCUT2D eigenvalue weighted by molar-refractivity contribution is -0.898. The number of carbonyl (C=O) groups is 1. The molecule has 3 aromatic rings. The number of hydrogen-bond donors (Lipinski definition) is 2. The Morgan fingerprint density at radius 2 is 1.60 bits per heavy atom. The first-order chi connectivity index (χ1) is 14.7. The Kier molecular flexibility index (Phi) is 6.36. The number of nitrogens with one attached hydrogen (secondary N) is 2. The second-order valence-electron chi connectivity index (χ2n) is 7.62. The van der Waals surface area contributed by atoms with E-state index in [4.69, 9.17) is 11.6 Å². The number of halogens is 1. The predicted octanol–water partition coefficient (Wildman–Crippen LogP) is 3.98. The van der Waals surface area contributed by atoms with Gasteiger partial charge in [0.2, 0.25) is 0 Å².